The Morgan fingerprint density at radius 3 is 2.56 bits per heavy atom. The van der Waals surface area contributed by atoms with E-state index in [-0.39, 0.29) is 16.5 Å². The number of pyridine rings is 1. The van der Waals surface area contributed by atoms with E-state index in [4.69, 9.17) is 5.26 Å². The Bertz CT molecular complexity index is 472. The predicted molar refractivity (Wildman–Crippen MR) is 64.2 cm³/mol. The Labute approximate surface area is 96.3 Å². The number of nitriles is 1. The topological polar surface area (TPSA) is 45.8 Å². The molecule has 86 valence electrons. The molecule has 1 rings (SSSR count). The zero-order valence-electron chi connectivity index (χ0n) is 10.4. The summed E-state index contributed by atoms with van der Waals surface area (Å²) in [5.41, 5.74) is 1.03. The van der Waals surface area contributed by atoms with Crippen LogP contribution in [0.5, 0.6) is 0 Å². The maximum absolute atomic E-state index is 11.9. The molecule has 0 aromatic carbocycles. The lowest BCUT2D eigenvalue weighted by Gasteiger charge is -2.18. The van der Waals surface area contributed by atoms with Crippen LogP contribution in [0, 0.1) is 23.7 Å². The van der Waals surface area contributed by atoms with Gasteiger partial charge in [-0.05, 0) is 30.4 Å². The maximum atomic E-state index is 11.9. The lowest BCUT2D eigenvalue weighted by atomic mass is 9.92. The molecule has 0 aliphatic carbocycles. The third-order valence-corrected chi connectivity index (χ3v) is 2.59. The first-order chi connectivity index (χ1) is 7.35. The number of hydrogen-bond donors (Lipinski definition) is 0. The molecule has 1 heterocycles. The summed E-state index contributed by atoms with van der Waals surface area (Å²) in [7, 11) is 0. The lowest BCUT2D eigenvalue weighted by Crippen LogP contribution is -2.24. The highest BCUT2D eigenvalue weighted by molar-refractivity contribution is 5.33. The molecule has 3 nitrogen and oxygen atoms in total. The van der Waals surface area contributed by atoms with Gasteiger partial charge in [-0.15, -0.1) is 0 Å². The van der Waals surface area contributed by atoms with Crippen LogP contribution in [0.2, 0.25) is 0 Å². The van der Waals surface area contributed by atoms with Crippen LogP contribution in [0.4, 0.5) is 0 Å². The van der Waals surface area contributed by atoms with E-state index < -0.39 is 0 Å². The highest BCUT2D eigenvalue weighted by Gasteiger charge is 2.12. The summed E-state index contributed by atoms with van der Waals surface area (Å²) in [6.07, 6.45) is 2.69. The number of nitrogens with zero attached hydrogens (tertiary/aromatic N) is 2. The van der Waals surface area contributed by atoms with Gasteiger partial charge in [0.05, 0.1) is 0 Å². The molecular formula is C13H18N2O. The normalized spacial score (nSPS) is 11.2. The average molecular weight is 218 g/mol. The molecule has 0 amide bonds. The SMILES string of the molecule is Cc1ccn(CCC(C)(C)C)c(=O)c1C#N. The van der Waals surface area contributed by atoms with E-state index >= 15 is 0 Å². The number of aromatic nitrogens is 1. The minimum absolute atomic E-state index is 0.174. The molecule has 0 fully saturated rings. The second kappa shape index (κ2) is 4.52. The van der Waals surface area contributed by atoms with Crippen molar-refractivity contribution in [2.45, 2.75) is 40.7 Å². The molecule has 1 aromatic rings. The van der Waals surface area contributed by atoms with Gasteiger partial charge in [0, 0.05) is 12.7 Å². The third kappa shape index (κ3) is 2.96. The number of rotatable bonds is 2. The van der Waals surface area contributed by atoms with Crippen LogP contribution < -0.4 is 5.56 Å². The molecule has 0 spiro atoms. The minimum Gasteiger partial charge on any atom is -0.314 e. The molecular weight excluding hydrogens is 200 g/mol. The number of hydrogen-bond acceptors (Lipinski definition) is 2. The summed E-state index contributed by atoms with van der Waals surface area (Å²) in [5.74, 6) is 0. The van der Waals surface area contributed by atoms with E-state index in [0.717, 1.165) is 12.0 Å². The largest absolute Gasteiger partial charge is 0.314 e. The Morgan fingerprint density at radius 2 is 2.06 bits per heavy atom. The van der Waals surface area contributed by atoms with Crippen molar-refractivity contribution in [3.05, 3.63) is 33.7 Å². The molecule has 0 aliphatic heterocycles. The monoisotopic (exact) mass is 218 g/mol. The molecule has 0 unspecified atom stereocenters. The van der Waals surface area contributed by atoms with Crippen molar-refractivity contribution in [3.63, 3.8) is 0 Å². The highest BCUT2D eigenvalue weighted by Crippen LogP contribution is 2.18. The third-order valence-electron chi connectivity index (χ3n) is 2.59. The fourth-order valence-electron chi connectivity index (χ4n) is 1.43. The van der Waals surface area contributed by atoms with Gasteiger partial charge in [-0.2, -0.15) is 5.26 Å². The molecule has 0 N–H and O–H groups in total. The van der Waals surface area contributed by atoms with E-state index in [1.54, 1.807) is 17.7 Å². The highest BCUT2D eigenvalue weighted by atomic mass is 16.1. The van der Waals surface area contributed by atoms with Crippen molar-refractivity contribution in [3.8, 4) is 6.07 Å². The van der Waals surface area contributed by atoms with Crippen molar-refractivity contribution in [2.75, 3.05) is 0 Å². The molecule has 3 heteroatoms. The Hall–Kier alpha value is -1.56. The predicted octanol–water partition coefficient (Wildman–Crippen LogP) is 2.46. The van der Waals surface area contributed by atoms with Crippen molar-refractivity contribution >= 4 is 0 Å². The first-order valence-corrected chi connectivity index (χ1v) is 5.45. The fourth-order valence-corrected chi connectivity index (χ4v) is 1.43. The second-order valence-corrected chi connectivity index (χ2v) is 5.29. The van der Waals surface area contributed by atoms with Crippen molar-refractivity contribution in [2.24, 2.45) is 5.41 Å². The maximum Gasteiger partial charge on any atom is 0.268 e. The van der Waals surface area contributed by atoms with Crippen molar-refractivity contribution < 1.29 is 0 Å². The van der Waals surface area contributed by atoms with E-state index in [9.17, 15) is 4.79 Å². The van der Waals surface area contributed by atoms with Gasteiger partial charge in [-0.3, -0.25) is 4.79 Å². The van der Waals surface area contributed by atoms with Crippen LogP contribution in [0.1, 0.15) is 38.3 Å². The van der Waals surface area contributed by atoms with Gasteiger partial charge in [0.25, 0.3) is 5.56 Å². The van der Waals surface area contributed by atoms with Gasteiger partial charge in [0.1, 0.15) is 11.6 Å². The first-order valence-electron chi connectivity index (χ1n) is 5.45. The Balaban J connectivity index is 3.01. The van der Waals surface area contributed by atoms with Crippen LogP contribution in [0.3, 0.4) is 0 Å². The van der Waals surface area contributed by atoms with Gasteiger partial charge in [0.15, 0.2) is 0 Å². The van der Waals surface area contributed by atoms with Crippen molar-refractivity contribution in [1.29, 1.82) is 5.26 Å². The van der Waals surface area contributed by atoms with Crippen LogP contribution in [-0.2, 0) is 6.54 Å². The van der Waals surface area contributed by atoms with E-state index in [2.05, 4.69) is 20.8 Å². The Kier molecular flexibility index (Phi) is 3.54. The molecule has 0 aliphatic rings. The summed E-state index contributed by atoms with van der Waals surface area (Å²) in [4.78, 5) is 11.9. The summed E-state index contributed by atoms with van der Waals surface area (Å²) in [6, 6.07) is 3.79. The Morgan fingerprint density at radius 1 is 1.44 bits per heavy atom. The standard InChI is InChI=1S/C13H18N2O/c1-10-5-7-15(8-6-13(2,3)4)12(16)11(10)9-14/h5,7H,6,8H2,1-4H3. The molecule has 1 aromatic heterocycles. The van der Waals surface area contributed by atoms with Crippen LogP contribution in [-0.4, -0.2) is 4.57 Å². The van der Waals surface area contributed by atoms with E-state index in [1.807, 2.05) is 12.1 Å². The van der Waals surface area contributed by atoms with E-state index in [1.165, 1.54) is 0 Å². The summed E-state index contributed by atoms with van der Waals surface area (Å²) in [5, 5.41) is 8.89. The lowest BCUT2D eigenvalue weighted by molar-refractivity contribution is 0.347. The van der Waals surface area contributed by atoms with Gasteiger partial charge >= 0.3 is 0 Å². The molecule has 0 bridgehead atoms. The molecule has 16 heavy (non-hydrogen) atoms. The molecule has 0 radical (unpaired) electrons. The summed E-state index contributed by atoms with van der Waals surface area (Å²) in [6.45, 7) is 8.86. The van der Waals surface area contributed by atoms with Crippen LogP contribution in [0.15, 0.2) is 17.1 Å². The quantitative estimate of drug-likeness (QED) is 0.765. The van der Waals surface area contributed by atoms with E-state index in [0.29, 0.717) is 6.54 Å². The minimum atomic E-state index is -0.174. The van der Waals surface area contributed by atoms with Gasteiger partial charge in [-0.1, -0.05) is 20.8 Å². The van der Waals surface area contributed by atoms with Gasteiger partial charge < -0.3 is 4.57 Å². The van der Waals surface area contributed by atoms with Crippen LogP contribution >= 0.6 is 0 Å². The van der Waals surface area contributed by atoms with Crippen LogP contribution in [0.25, 0.3) is 0 Å². The molecule has 0 saturated heterocycles. The number of aryl methyl sites for hydroxylation is 2. The molecule has 0 saturated carbocycles. The zero-order chi connectivity index (χ0) is 12.3. The van der Waals surface area contributed by atoms with Gasteiger partial charge in [0.2, 0.25) is 0 Å². The average Bonchev–Trinajstić information content (AvgIpc) is 2.16. The summed E-state index contributed by atoms with van der Waals surface area (Å²) < 4.78 is 1.62. The molecule has 0 atom stereocenters. The summed E-state index contributed by atoms with van der Waals surface area (Å²) >= 11 is 0. The fraction of sp³-hybridized carbons (Fsp3) is 0.538. The smallest absolute Gasteiger partial charge is 0.268 e. The van der Waals surface area contributed by atoms with Gasteiger partial charge in [-0.25, -0.2) is 0 Å². The second-order valence-electron chi connectivity index (χ2n) is 5.29. The van der Waals surface area contributed by atoms with Crippen molar-refractivity contribution in [1.82, 2.24) is 4.57 Å². The first kappa shape index (κ1) is 12.5. The zero-order valence-corrected chi connectivity index (χ0v) is 10.4.